The molecule has 0 radical (unpaired) electrons. The van der Waals surface area contributed by atoms with Crippen LogP contribution >= 0.6 is 0 Å². The number of carbonyl (C=O) groups excluding carboxylic acids is 1. The first-order chi connectivity index (χ1) is 10.2. The molecule has 0 aliphatic heterocycles. The van der Waals surface area contributed by atoms with Gasteiger partial charge in [-0.1, -0.05) is 42.5 Å². The molecule has 0 N–H and O–H groups in total. The third-order valence-corrected chi connectivity index (χ3v) is 3.35. The van der Waals surface area contributed by atoms with Gasteiger partial charge in [-0.2, -0.15) is 0 Å². The molecule has 3 nitrogen and oxygen atoms in total. The maximum absolute atomic E-state index is 12.6. The van der Waals surface area contributed by atoms with Crippen LogP contribution in [-0.4, -0.2) is 5.78 Å². The molecule has 0 unspecified atom stereocenters. The summed E-state index contributed by atoms with van der Waals surface area (Å²) in [6.07, 6.45) is 0.0807. The number of Topliss-reactive ketones (excluding diaryl/α,β-unsaturated/α-hetero) is 1. The van der Waals surface area contributed by atoms with Crippen LogP contribution in [0.15, 0.2) is 63.8 Å². The number of para-hydroxylation sites is 1. The molecule has 104 valence electrons. The van der Waals surface area contributed by atoms with E-state index in [0.717, 1.165) is 5.56 Å². The standard InChI is InChI=1S/C18H14O3/c1-12(19)11-15-17(20)14-9-5-6-10-16(14)21-18(15)13-7-3-2-4-8-13/h2-10H,11H2,1H3. The van der Waals surface area contributed by atoms with E-state index in [-0.39, 0.29) is 17.6 Å². The van der Waals surface area contributed by atoms with Gasteiger partial charge in [-0.25, -0.2) is 0 Å². The summed E-state index contributed by atoms with van der Waals surface area (Å²) >= 11 is 0. The molecule has 0 aliphatic carbocycles. The Bertz CT molecular complexity index is 861. The van der Waals surface area contributed by atoms with Gasteiger partial charge >= 0.3 is 0 Å². The minimum atomic E-state index is -0.133. The molecule has 3 heteroatoms. The first-order valence-electron chi connectivity index (χ1n) is 6.76. The van der Waals surface area contributed by atoms with E-state index in [0.29, 0.717) is 22.3 Å². The molecule has 3 aromatic rings. The lowest BCUT2D eigenvalue weighted by molar-refractivity contribution is -0.116. The largest absolute Gasteiger partial charge is 0.456 e. The lowest BCUT2D eigenvalue weighted by atomic mass is 10.0. The number of benzene rings is 2. The van der Waals surface area contributed by atoms with Crippen molar-refractivity contribution in [1.82, 2.24) is 0 Å². The molecule has 0 atom stereocenters. The summed E-state index contributed by atoms with van der Waals surface area (Å²) in [5, 5.41) is 0.508. The summed E-state index contributed by atoms with van der Waals surface area (Å²) in [6.45, 7) is 1.48. The lowest BCUT2D eigenvalue weighted by Gasteiger charge is -2.09. The van der Waals surface area contributed by atoms with E-state index >= 15 is 0 Å². The van der Waals surface area contributed by atoms with E-state index in [1.165, 1.54) is 6.92 Å². The summed E-state index contributed by atoms with van der Waals surface area (Å²) in [4.78, 5) is 24.2. The molecular weight excluding hydrogens is 264 g/mol. The van der Waals surface area contributed by atoms with Crippen molar-refractivity contribution >= 4 is 16.8 Å². The summed E-state index contributed by atoms with van der Waals surface area (Å²) in [5.74, 6) is 0.421. The van der Waals surface area contributed by atoms with Crippen LogP contribution in [0.2, 0.25) is 0 Å². The second-order valence-corrected chi connectivity index (χ2v) is 4.98. The highest BCUT2D eigenvalue weighted by Gasteiger charge is 2.16. The fraction of sp³-hybridized carbons (Fsp3) is 0.111. The van der Waals surface area contributed by atoms with Crippen molar-refractivity contribution < 1.29 is 9.21 Å². The van der Waals surface area contributed by atoms with Crippen molar-refractivity contribution in [2.24, 2.45) is 0 Å². The fourth-order valence-corrected chi connectivity index (χ4v) is 2.41. The first-order valence-corrected chi connectivity index (χ1v) is 6.76. The van der Waals surface area contributed by atoms with Crippen LogP contribution in [0.25, 0.3) is 22.3 Å². The lowest BCUT2D eigenvalue weighted by Crippen LogP contribution is -2.14. The monoisotopic (exact) mass is 278 g/mol. The zero-order valence-corrected chi connectivity index (χ0v) is 11.6. The van der Waals surface area contributed by atoms with E-state index in [2.05, 4.69) is 0 Å². The van der Waals surface area contributed by atoms with Gasteiger partial charge < -0.3 is 4.42 Å². The number of rotatable bonds is 3. The number of carbonyl (C=O) groups is 1. The minimum absolute atomic E-state index is 0.0604. The van der Waals surface area contributed by atoms with Gasteiger partial charge in [0.05, 0.1) is 10.9 Å². The quantitative estimate of drug-likeness (QED) is 0.735. The molecule has 21 heavy (non-hydrogen) atoms. The van der Waals surface area contributed by atoms with Crippen LogP contribution in [0.1, 0.15) is 12.5 Å². The van der Waals surface area contributed by atoms with Gasteiger partial charge in [0.1, 0.15) is 17.1 Å². The van der Waals surface area contributed by atoms with Gasteiger partial charge in [-0.15, -0.1) is 0 Å². The van der Waals surface area contributed by atoms with Crippen LogP contribution in [0.5, 0.6) is 0 Å². The summed E-state index contributed by atoms with van der Waals surface area (Å²) < 4.78 is 5.91. The molecule has 0 aliphatic rings. The van der Waals surface area contributed by atoms with Gasteiger partial charge in [0.25, 0.3) is 0 Å². The third-order valence-electron chi connectivity index (χ3n) is 3.35. The SMILES string of the molecule is CC(=O)Cc1c(-c2ccccc2)oc2ccccc2c1=O. The van der Waals surface area contributed by atoms with Crippen molar-refractivity contribution in [2.75, 3.05) is 0 Å². The molecule has 0 amide bonds. The van der Waals surface area contributed by atoms with Gasteiger partial charge in [0.15, 0.2) is 5.43 Å². The van der Waals surface area contributed by atoms with Crippen LogP contribution in [0, 0.1) is 0 Å². The fourth-order valence-electron chi connectivity index (χ4n) is 2.41. The normalized spacial score (nSPS) is 10.7. The van der Waals surface area contributed by atoms with Crippen LogP contribution < -0.4 is 5.43 Å². The predicted octanol–water partition coefficient (Wildman–Crippen LogP) is 3.59. The molecule has 0 bridgehead atoms. The van der Waals surface area contributed by atoms with E-state index in [1.807, 2.05) is 36.4 Å². The van der Waals surface area contributed by atoms with E-state index < -0.39 is 0 Å². The molecule has 3 rings (SSSR count). The second-order valence-electron chi connectivity index (χ2n) is 4.98. The smallest absolute Gasteiger partial charge is 0.196 e. The molecule has 0 saturated carbocycles. The Morgan fingerprint density at radius 1 is 1.00 bits per heavy atom. The summed E-state index contributed by atoms with van der Waals surface area (Å²) in [6, 6.07) is 16.5. The van der Waals surface area contributed by atoms with Gasteiger partial charge in [-0.3, -0.25) is 9.59 Å². The molecule has 0 spiro atoms. The number of hydrogen-bond acceptors (Lipinski definition) is 3. The van der Waals surface area contributed by atoms with Crippen molar-refractivity contribution in [2.45, 2.75) is 13.3 Å². The molecule has 0 saturated heterocycles. The van der Waals surface area contributed by atoms with Crippen molar-refractivity contribution in [3.8, 4) is 11.3 Å². The van der Waals surface area contributed by atoms with E-state index in [1.54, 1.807) is 18.2 Å². The maximum atomic E-state index is 12.6. The van der Waals surface area contributed by atoms with Gasteiger partial charge in [0.2, 0.25) is 0 Å². The number of ketones is 1. The Balaban J connectivity index is 2.36. The zero-order chi connectivity index (χ0) is 14.8. The average Bonchev–Trinajstić information content (AvgIpc) is 2.50. The third kappa shape index (κ3) is 2.50. The molecule has 1 aromatic heterocycles. The van der Waals surface area contributed by atoms with Crippen molar-refractivity contribution in [3.63, 3.8) is 0 Å². The van der Waals surface area contributed by atoms with Crippen LogP contribution in [0.3, 0.4) is 0 Å². The molecular formula is C18H14O3. The van der Waals surface area contributed by atoms with Crippen molar-refractivity contribution in [1.29, 1.82) is 0 Å². The minimum Gasteiger partial charge on any atom is -0.456 e. The highest BCUT2D eigenvalue weighted by molar-refractivity contribution is 5.85. The number of hydrogen-bond donors (Lipinski definition) is 0. The Labute approximate surface area is 121 Å². The molecule has 1 heterocycles. The van der Waals surface area contributed by atoms with Crippen molar-refractivity contribution in [3.05, 3.63) is 70.4 Å². The maximum Gasteiger partial charge on any atom is 0.196 e. The first kappa shape index (κ1) is 13.3. The van der Waals surface area contributed by atoms with Crippen LogP contribution in [-0.2, 0) is 11.2 Å². The zero-order valence-electron chi connectivity index (χ0n) is 11.6. The van der Waals surface area contributed by atoms with Gasteiger partial charge in [0, 0.05) is 12.0 Å². The average molecular weight is 278 g/mol. The highest BCUT2D eigenvalue weighted by atomic mass is 16.3. The van der Waals surface area contributed by atoms with E-state index in [9.17, 15) is 9.59 Å². The topological polar surface area (TPSA) is 47.3 Å². The molecule has 2 aromatic carbocycles. The summed E-state index contributed by atoms with van der Waals surface area (Å²) in [7, 11) is 0. The Hall–Kier alpha value is -2.68. The Kier molecular flexibility index (Phi) is 3.40. The Morgan fingerprint density at radius 3 is 2.38 bits per heavy atom. The Morgan fingerprint density at radius 2 is 1.67 bits per heavy atom. The second kappa shape index (κ2) is 5.37. The summed E-state index contributed by atoms with van der Waals surface area (Å²) in [5.41, 5.74) is 1.63. The highest BCUT2D eigenvalue weighted by Crippen LogP contribution is 2.26. The van der Waals surface area contributed by atoms with E-state index in [4.69, 9.17) is 4.42 Å². The van der Waals surface area contributed by atoms with Gasteiger partial charge in [-0.05, 0) is 19.1 Å². The molecule has 0 fully saturated rings. The predicted molar refractivity (Wildman–Crippen MR) is 82.3 cm³/mol. The van der Waals surface area contributed by atoms with Crippen LogP contribution in [0.4, 0.5) is 0 Å². The number of fused-ring (bicyclic) bond motifs is 1.